The molecule has 2 N–H and O–H groups in total. The predicted molar refractivity (Wildman–Crippen MR) is 128 cm³/mol. The molecule has 5 nitrogen and oxygen atoms in total. The first-order valence-electron chi connectivity index (χ1n) is 10.1. The number of hydrogen-bond donors (Lipinski definition) is 2. The normalized spacial score (nSPS) is 12.0. The Labute approximate surface area is 196 Å². The van der Waals surface area contributed by atoms with E-state index in [0.717, 1.165) is 22.0 Å². The van der Waals surface area contributed by atoms with Gasteiger partial charge in [-0.2, -0.15) is 0 Å². The zero-order valence-corrected chi connectivity index (χ0v) is 18.9. The minimum atomic E-state index is -0.384. The summed E-state index contributed by atoms with van der Waals surface area (Å²) in [5, 5.41) is 14.0. The molecule has 0 aliphatic rings. The van der Waals surface area contributed by atoms with Crippen molar-refractivity contribution in [1.29, 1.82) is 0 Å². The molecular formula is C25H22Cl2N2O3. The summed E-state index contributed by atoms with van der Waals surface area (Å²) >= 11 is 12.5. The Bertz CT molecular complexity index is 1250. The lowest BCUT2D eigenvalue weighted by molar-refractivity contribution is 0.0941. The third kappa shape index (κ3) is 4.91. The first-order valence-corrected chi connectivity index (χ1v) is 10.9. The molecule has 0 unspecified atom stereocenters. The highest BCUT2D eigenvalue weighted by atomic mass is 35.5. The summed E-state index contributed by atoms with van der Waals surface area (Å²) in [6.45, 7) is 2.10. The molecule has 0 saturated heterocycles. The lowest BCUT2D eigenvalue weighted by Gasteiger charge is -2.17. The van der Waals surface area contributed by atoms with E-state index in [2.05, 4.69) is 5.32 Å². The summed E-state index contributed by atoms with van der Waals surface area (Å²) in [7, 11) is 0. The van der Waals surface area contributed by atoms with E-state index in [0.29, 0.717) is 27.9 Å². The Balaban J connectivity index is 1.62. The highest BCUT2D eigenvalue weighted by molar-refractivity contribution is 6.32. The summed E-state index contributed by atoms with van der Waals surface area (Å²) < 4.78 is 7.08. The van der Waals surface area contributed by atoms with Crippen molar-refractivity contribution < 1.29 is 14.6 Å². The molecule has 0 radical (unpaired) electrons. The molecule has 164 valence electrons. The van der Waals surface area contributed by atoms with Crippen LogP contribution in [0.15, 0.2) is 72.9 Å². The maximum atomic E-state index is 13.3. The average Bonchev–Trinajstić information content (AvgIpc) is 3.16. The van der Waals surface area contributed by atoms with Gasteiger partial charge < -0.3 is 19.7 Å². The molecular weight excluding hydrogens is 447 g/mol. The van der Waals surface area contributed by atoms with Crippen molar-refractivity contribution in [2.45, 2.75) is 19.5 Å². The van der Waals surface area contributed by atoms with Crippen molar-refractivity contribution in [3.63, 3.8) is 0 Å². The lowest BCUT2D eigenvalue weighted by atomic mass is 10.1. The number of aromatic nitrogens is 1. The number of fused-ring (bicyclic) bond motifs is 1. The first-order chi connectivity index (χ1) is 15.4. The lowest BCUT2D eigenvalue weighted by Crippen LogP contribution is -2.27. The molecule has 3 aromatic carbocycles. The fourth-order valence-corrected chi connectivity index (χ4v) is 4.17. The third-order valence-corrected chi connectivity index (χ3v) is 5.72. The number of aliphatic hydroxyl groups excluding tert-OH is 1. The van der Waals surface area contributed by atoms with Gasteiger partial charge in [0.05, 0.1) is 17.1 Å². The number of carbonyl (C=O) groups is 1. The molecule has 32 heavy (non-hydrogen) atoms. The van der Waals surface area contributed by atoms with Crippen LogP contribution in [-0.2, 0) is 6.54 Å². The van der Waals surface area contributed by atoms with Gasteiger partial charge in [0.15, 0.2) is 6.79 Å². The SMILES string of the molecule is C[C@H](NC(=O)c1cc(Cl)cc2ccn(Cc3cccc(Cl)c3)c12)c1ccc(OCO)cc1. The minimum absolute atomic E-state index is 0.216. The highest BCUT2D eigenvalue weighted by Crippen LogP contribution is 2.27. The number of aliphatic hydroxyl groups is 1. The fourth-order valence-electron chi connectivity index (χ4n) is 3.73. The zero-order chi connectivity index (χ0) is 22.7. The van der Waals surface area contributed by atoms with E-state index in [-0.39, 0.29) is 18.7 Å². The molecule has 0 aliphatic heterocycles. The Morgan fingerprint density at radius 3 is 2.56 bits per heavy atom. The van der Waals surface area contributed by atoms with Crippen molar-refractivity contribution in [2.24, 2.45) is 0 Å². The van der Waals surface area contributed by atoms with Gasteiger partial charge in [-0.05, 0) is 60.5 Å². The average molecular weight is 469 g/mol. The largest absolute Gasteiger partial charge is 0.468 e. The number of nitrogens with one attached hydrogen (secondary N) is 1. The molecule has 0 aliphatic carbocycles. The number of benzene rings is 3. The molecule has 1 aromatic heterocycles. The van der Waals surface area contributed by atoms with Gasteiger partial charge in [0, 0.05) is 28.2 Å². The highest BCUT2D eigenvalue weighted by Gasteiger charge is 2.18. The standard InChI is InChI=1S/C25H22Cl2N2O3/c1-16(18-5-7-22(8-6-18)32-15-30)28-25(31)23-13-21(27)12-19-9-10-29(24(19)23)14-17-3-2-4-20(26)11-17/h2-13,16,30H,14-15H2,1H3,(H,28,31)/t16-/m0/s1. The molecule has 1 heterocycles. The van der Waals surface area contributed by atoms with Crippen LogP contribution < -0.4 is 10.1 Å². The number of ether oxygens (including phenoxy) is 1. The molecule has 0 bridgehead atoms. The molecule has 1 amide bonds. The zero-order valence-electron chi connectivity index (χ0n) is 17.4. The second kappa shape index (κ2) is 9.65. The maximum Gasteiger partial charge on any atom is 0.253 e. The van der Waals surface area contributed by atoms with Crippen molar-refractivity contribution in [3.8, 4) is 5.75 Å². The summed E-state index contributed by atoms with van der Waals surface area (Å²) in [6.07, 6.45) is 1.95. The van der Waals surface area contributed by atoms with Crippen LogP contribution in [0.4, 0.5) is 0 Å². The second-order valence-electron chi connectivity index (χ2n) is 7.50. The summed E-state index contributed by atoms with van der Waals surface area (Å²) in [6, 6.07) is 20.1. The topological polar surface area (TPSA) is 63.5 Å². The number of carbonyl (C=O) groups excluding carboxylic acids is 1. The van der Waals surface area contributed by atoms with Crippen molar-refractivity contribution >= 4 is 40.0 Å². The van der Waals surface area contributed by atoms with Crippen molar-refractivity contribution in [3.05, 3.63) is 99.7 Å². The monoisotopic (exact) mass is 468 g/mol. The van der Waals surface area contributed by atoms with Crippen molar-refractivity contribution in [2.75, 3.05) is 6.79 Å². The van der Waals surface area contributed by atoms with Gasteiger partial charge >= 0.3 is 0 Å². The first kappa shape index (κ1) is 22.2. The summed E-state index contributed by atoms with van der Waals surface area (Å²) in [5.41, 5.74) is 3.27. The van der Waals surface area contributed by atoms with Crippen LogP contribution >= 0.6 is 23.2 Å². The molecule has 0 fully saturated rings. The number of hydrogen-bond acceptors (Lipinski definition) is 3. The van der Waals surface area contributed by atoms with Crippen molar-refractivity contribution in [1.82, 2.24) is 9.88 Å². The van der Waals surface area contributed by atoms with E-state index in [4.69, 9.17) is 33.0 Å². The van der Waals surface area contributed by atoms with Gasteiger partial charge in [0.1, 0.15) is 5.75 Å². The van der Waals surface area contributed by atoms with Gasteiger partial charge in [-0.25, -0.2) is 0 Å². The van der Waals surface area contributed by atoms with Crippen LogP contribution in [-0.4, -0.2) is 22.4 Å². The molecule has 0 spiro atoms. The van der Waals surface area contributed by atoms with Crippen LogP contribution in [0.1, 0.15) is 34.5 Å². The molecule has 1 atom stereocenters. The summed E-state index contributed by atoms with van der Waals surface area (Å²) in [5.74, 6) is 0.344. The Kier molecular flexibility index (Phi) is 6.70. The number of nitrogens with zero attached hydrogens (tertiary/aromatic N) is 1. The van der Waals surface area contributed by atoms with Gasteiger partial charge in [-0.3, -0.25) is 4.79 Å². The number of amides is 1. The maximum absolute atomic E-state index is 13.3. The third-order valence-electron chi connectivity index (χ3n) is 5.27. The van der Waals surface area contributed by atoms with E-state index in [1.54, 1.807) is 18.2 Å². The van der Waals surface area contributed by atoms with E-state index < -0.39 is 0 Å². The quantitative estimate of drug-likeness (QED) is 0.336. The van der Waals surface area contributed by atoms with Gasteiger partial charge in [0.2, 0.25) is 0 Å². The summed E-state index contributed by atoms with van der Waals surface area (Å²) in [4.78, 5) is 13.3. The van der Waals surface area contributed by atoms with Crippen LogP contribution in [0, 0.1) is 0 Å². The molecule has 7 heteroatoms. The van der Waals surface area contributed by atoms with Crippen LogP contribution in [0.3, 0.4) is 0 Å². The smallest absolute Gasteiger partial charge is 0.253 e. The Morgan fingerprint density at radius 1 is 1.06 bits per heavy atom. The minimum Gasteiger partial charge on any atom is -0.468 e. The second-order valence-corrected chi connectivity index (χ2v) is 8.38. The molecule has 4 aromatic rings. The van der Waals surface area contributed by atoms with Gasteiger partial charge in [-0.1, -0.05) is 47.5 Å². The van der Waals surface area contributed by atoms with Crippen LogP contribution in [0.5, 0.6) is 5.75 Å². The van der Waals surface area contributed by atoms with Gasteiger partial charge in [-0.15, -0.1) is 0 Å². The van der Waals surface area contributed by atoms with E-state index in [9.17, 15) is 4.79 Å². The molecule has 4 rings (SSSR count). The van der Waals surface area contributed by atoms with E-state index >= 15 is 0 Å². The van der Waals surface area contributed by atoms with Gasteiger partial charge in [0.25, 0.3) is 5.91 Å². The van der Waals surface area contributed by atoms with Crippen LogP contribution in [0.25, 0.3) is 10.9 Å². The predicted octanol–water partition coefficient (Wildman–Crippen LogP) is 5.82. The Hall–Kier alpha value is -2.99. The molecule has 0 saturated carbocycles. The van der Waals surface area contributed by atoms with E-state index in [1.165, 1.54) is 0 Å². The number of rotatable bonds is 7. The number of halogens is 2. The van der Waals surface area contributed by atoms with E-state index in [1.807, 2.05) is 66.2 Å². The Morgan fingerprint density at radius 2 is 1.84 bits per heavy atom. The fraction of sp³-hybridized carbons (Fsp3) is 0.160. The van der Waals surface area contributed by atoms with Crippen LogP contribution in [0.2, 0.25) is 10.0 Å².